The number of aromatic nitrogens is 1. The molecule has 0 aliphatic heterocycles. The molecule has 0 radical (unpaired) electrons. The summed E-state index contributed by atoms with van der Waals surface area (Å²) in [6, 6.07) is 11.0. The molecule has 1 aromatic heterocycles. The number of primary amides is 1. The third kappa shape index (κ3) is 3.17. The summed E-state index contributed by atoms with van der Waals surface area (Å²) < 4.78 is 0.924. The van der Waals surface area contributed by atoms with Crippen LogP contribution in [-0.4, -0.2) is 16.6 Å². The van der Waals surface area contributed by atoms with Crippen LogP contribution < -0.4 is 11.1 Å². The molecule has 0 saturated heterocycles. The zero-order valence-corrected chi connectivity index (χ0v) is 11.4. The number of nitrogens with two attached hydrogens (primary N) is 1. The Kier molecular flexibility index (Phi) is 3.91. The van der Waals surface area contributed by atoms with Crippen LogP contribution in [0.15, 0.2) is 47.1 Å². The number of nitrogens with one attached hydrogen (secondary N) is 2. The molecule has 0 aliphatic rings. The molecule has 1 amide bonds. The lowest BCUT2D eigenvalue weighted by molar-refractivity contribution is -0.112. The zero-order chi connectivity index (χ0) is 13.8. The Hall–Kier alpha value is -2.21. The minimum atomic E-state index is -0.809. The average Bonchev–Trinajstić information content (AvgIpc) is 2.38. The zero-order valence-electron chi connectivity index (χ0n) is 9.85. The van der Waals surface area contributed by atoms with E-state index in [4.69, 9.17) is 11.1 Å². The third-order valence-corrected chi connectivity index (χ3v) is 2.89. The van der Waals surface area contributed by atoms with Crippen molar-refractivity contribution in [3.63, 3.8) is 0 Å². The average molecular weight is 319 g/mol. The molecule has 6 heteroatoms. The van der Waals surface area contributed by atoms with Gasteiger partial charge in [-0.3, -0.25) is 15.2 Å². The number of halogens is 1. The summed E-state index contributed by atoms with van der Waals surface area (Å²) in [5.41, 5.74) is 6.41. The number of amides is 1. The highest BCUT2D eigenvalue weighted by atomic mass is 79.9. The second kappa shape index (κ2) is 5.62. The first-order valence-corrected chi connectivity index (χ1v) is 6.23. The second-order valence-electron chi connectivity index (χ2n) is 3.77. The van der Waals surface area contributed by atoms with Crippen LogP contribution in [0.1, 0.15) is 5.69 Å². The van der Waals surface area contributed by atoms with Crippen LogP contribution in [0.3, 0.4) is 0 Å². The van der Waals surface area contributed by atoms with Gasteiger partial charge in [0.1, 0.15) is 11.4 Å². The molecule has 4 N–H and O–H groups in total. The summed E-state index contributed by atoms with van der Waals surface area (Å²) in [7, 11) is 0. The standard InChI is InChI=1S/C13H11BrN4O/c14-8-3-1-4-9(7-8)18-10-5-2-6-17-12(10)11(15)13(16)19/h1-7,15,18H,(H2,16,19). The topological polar surface area (TPSA) is 91.9 Å². The molecule has 1 aromatic carbocycles. The van der Waals surface area contributed by atoms with E-state index >= 15 is 0 Å². The lowest BCUT2D eigenvalue weighted by Gasteiger charge is -2.10. The maximum atomic E-state index is 11.1. The van der Waals surface area contributed by atoms with Gasteiger partial charge in [0.05, 0.1) is 5.69 Å². The van der Waals surface area contributed by atoms with E-state index in [2.05, 4.69) is 26.2 Å². The number of hydrogen-bond acceptors (Lipinski definition) is 4. The molecule has 1 heterocycles. The van der Waals surface area contributed by atoms with E-state index in [1.807, 2.05) is 24.3 Å². The van der Waals surface area contributed by atoms with E-state index < -0.39 is 5.91 Å². The number of nitrogens with zero attached hydrogens (tertiary/aromatic N) is 1. The molecular weight excluding hydrogens is 308 g/mol. The largest absolute Gasteiger partial charge is 0.364 e. The molecule has 19 heavy (non-hydrogen) atoms. The van der Waals surface area contributed by atoms with Crippen molar-refractivity contribution in [2.45, 2.75) is 0 Å². The number of carbonyl (C=O) groups is 1. The number of benzene rings is 1. The molecule has 0 spiro atoms. The fourth-order valence-corrected chi connectivity index (χ4v) is 1.94. The quantitative estimate of drug-likeness (QED) is 0.756. The number of pyridine rings is 1. The van der Waals surface area contributed by atoms with Crippen LogP contribution in [0.25, 0.3) is 0 Å². The van der Waals surface area contributed by atoms with Gasteiger partial charge in [0.15, 0.2) is 0 Å². The Morgan fingerprint density at radius 2 is 2.11 bits per heavy atom. The highest BCUT2D eigenvalue weighted by Gasteiger charge is 2.14. The van der Waals surface area contributed by atoms with Gasteiger partial charge in [-0.1, -0.05) is 22.0 Å². The molecule has 2 rings (SSSR count). The number of hydrogen-bond donors (Lipinski definition) is 3. The monoisotopic (exact) mass is 318 g/mol. The summed E-state index contributed by atoms with van der Waals surface area (Å²) in [5, 5.41) is 10.8. The minimum Gasteiger partial charge on any atom is -0.364 e. The normalized spacial score (nSPS) is 9.95. The lowest BCUT2D eigenvalue weighted by atomic mass is 10.2. The second-order valence-corrected chi connectivity index (χ2v) is 4.69. The Morgan fingerprint density at radius 1 is 1.32 bits per heavy atom. The predicted octanol–water partition coefficient (Wildman–Crippen LogP) is 2.44. The fourth-order valence-electron chi connectivity index (χ4n) is 1.54. The van der Waals surface area contributed by atoms with Crippen molar-refractivity contribution < 1.29 is 4.79 Å². The summed E-state index contributed by atoms with van der Waals surface area (Å²) >= 11 is 3.37. The van der Waals surface area contributed by atoms with Gasteiger partial charge in [0, 0.05) is 16.4 Å². The molecule has 0 aliphatic carbocycles. The molecule has 0 bridgehead atoms. The minimum absolute atomic E-state index is 0.231. The molecule has 0 atom stereocenters. The van der Waals surface area contributed by atoms with Crippen LogP contribution >= 0.6 is 15.9 Å². The van der Waals surface area contributed by atoms with E-state index in [-0.39, 0.29) is 11.4 Å². The first kappa shape index (κ1) is 13.2. The van der Waals surface area contributed by atoms with Crippen molar-refractivity contribution in [2.24, 2.45) is 5.73 Å². The van der Waals surface area contributed by atoms with Gasteiger partial charge in [-0.2, -0.15) is 0 Å². The first-order chi connectivity index (χ1) is 9.08. The van der Waals surface area contributed by atoms with Crippen molar-refractivity contribution in [1.82, 2.24) is 4.98 Å². The van der Waals surface area contributed by atoms with Crippen LogP contribution in [0.5, 0.6) is 0 Å². The summed E-state index contributed by atoms with van der Waals surface area (Å²) in [6.45, 7) is 0. The van der Waals surface area contributed by atoms with Gasteiger partial charge in [-0.25, -0.2) is 0 Å². The van der Waals surface area contributed by atoms with Crippen LogP contribution in [0, 0.1) is 5.41 Å². The fraction of sp³-hybridized carbons (Fsp3) is 0. The SMILES string of the molecule is N=C(C(N)=O)c1ncccc1Nc1cccc(Br)c1. The van der Waals surface area contributed by atoms with Crippen molar-refractivity contribution in [2.75, 3.05) is 5.32 Å². The highest BCUT2D eigenvalue weighted by molar-refractivity contribution is 9.10. The molecule has 0 saturated carbocycles. The summed E-state index contributed by atoms with van der Waals surface area (Å²) in [5.74, 6) is -0.809. The van der Waals surface area contributed by atoms with Gasteiger partial charge in [0.2, 0.25) is 0 Å². The Bertz CT molecular complexity index is 642. The predicted molar refractivity (Wildman–Crippen MR) is 77.7 cm³/mol. The smallest absolute Gasteiger partial charge is 0.268 e. The van der Waals surface area contributed by atoms with Crippen molar-refractivity contribution in [1.29, 1.82) is 5.41 Å². The molecule has 2 aromatic rings. The van der Waals surface area contributed by atoms with Crippen LogP contribution in [0.2, 0.25) is 0 Å². The first-order valence-electron chi connectivity index (χ1n) is 5.44. The van der Waals surface area contributed by atoms with E-state index in [0.29, 0.717) is 5.69 Å². The van der Waals surface area contributed by atoms with Crippen molar-refractivity contribution in [3.8, 4) is 0 Å². The van der Waals surface area contributed by atoms with E-state index in [9.17, 15) is 4.79 Å². The van der Waals surface area contributed by atoms with Crippen LogP contribution in [0.4, 0.5) is 11.4 Å². The van der Waals surface area contributed by atoms with E-state index in [0.717, 1.165) is 10.2 Å². The highest BCUT2D eigenvalue weighted by Crippen LogP contribution is 2.22. The van der Waals surface area contributed by atoms with Gasteiger partial charge >= 0.3 is 0 Å². The van der Waals surface area contributed by atoms with Gasteiger partial charge in [-0.15, -0.1) is 0 Å². The molecule has 5 nitrogen and oxygen atoms in total. The maximum absolute atomic E-state index is 11.1. The lowest BCUT2D eigenvalue weighted by Crippen LogP contribution is -2.24. The van der Waals surface area contributed by atoms with Crippen molar-refractivity contribution >= 4 is 38.9 Å². The summed E-state index contributed by atoms with van der Waals surface area (Å²) in [6.07, 6.45) is 1.51. The molecule has 0 fully saturated rings. The number of anilines is 2. The van der Waals surface area contributed by atoms with Gasteiger partial charge < -0.3 is 11.1 Å². The third-order valence-electron chi connectivity index (χ3n) is 2.39. The van der Waals surface area contributed by atoms with Crippen molar-refractivity contribution in [3.05, 3.63) is 52.8 Å². The molecule has 96 valence electrons. The number of carbonyl (C=O) groups excluding carboxylic acids is 1. The van der Waals surface area contributed by atoms with E-state index in [1.54, 1.807) is 12.1 Å². The van der Waals surface area contributed by atoms with E-state index in [1.165, 1.54) is 6.20 Å². The molecular formula is C13H11BrN4O. The van der Waals surface area contributed by atoms with Gasteiger partial charge in [0.25, 0.3) is 5.91 Å². The van der Waals surface area contributed by atoms with Gasteiger partial charge in [-0.05, 0) is 30.3 Å². The summed E-state index contributed by atoms with van der Waals surface area (Å²) in [4.78, 5) is 15.1. The Morgan fingerprint density at radius 3 is 2.79 bits per heavy atom. The Labute approximate surface area is 118 Å². The Balaban J connectivity index is 2.35. The number of rotatable bonds is 4. The maximum Gasteiger partial charge on any atom is 0.268 e. The molecule has 0 unspecified atom stereocenters. The van der Waals surface area contributed by atoms with Crippen LogP contribution in [-0.2, 0) is 4.79 Å².